The van der Waals surface area contributed by atoms with Gasteiger partial charge in [0.1, 0.15) is 11.4 Å². The summed E-state index contributed by atoms with van der Waals surface area (Å²) in [4.78, 5) is 11.8. The molecular weight excluding hydrogens is 304 g/mol. The maximum Gasteiger partial charge on any atom is 0.257 e. The van der Waals surface area contributed by atoms with Crippen LogP contribution in [0, 0.1) is 11.6 Å². The summed E-state index contributed by atoms with van der Waals surface area (Å²) >= 11 is 0. The normalized spacial score (nSPS) is 12.2. The van der Waals surface area contributed by atoms with Crippen LogP contribution in [-0.4, -0.2) is 32.7 Å². The van der Waals surface area contributed by atoms with E-state index in [1.807, 2.05) is 0 Å². The molecule has 0 heterocycles. The highest BCUT2D eigenvalue weighted by Crippen LogP contribution is 2.18. The Bertz CT molecular complexity index is 660. The van der Waals surface area contributed by atoms with Crippen molar-refractivity contribution in [1.29, 1.82) is 0 Å². The zero-order valence-electron chi connectivity index (χ0n) is 11.8. The van der Waals surface area contributed by atoms with Crippen molar-refractivity contribution in [2.45, 2.75) is 19.4 Å². The summed E-state index contributed by atoms with van der Waals surface area (Å²) in [5.41, 5.74) is 3.11. The first-order chi connectivity index (χ1) is 9.43. The summed E-state index contributed by atoms with van der Waals surface area (Å²) in [6.07, 6.45) is 0.966. The average molecular weight is 321 g/mol. The second-order valence-electron chi connectivity index (χ2n) is 5.27. The van der Waals surface area contributed by atoms with Crippen LogP contribution in [0.3, 0.4) is 0 Å². The number of halogens is 2. The molecule has 1 aromatic rings. The van der Waals surface area contributed by atoms with Gasteiger partial charge in [0.2, 0.25) is 10.0 Å². The largest absolute Gasteiger partial charge is 0.396 e. The van der Waals surface area contributed by atoms with E-state index in [-0.39, 0.29) is 12.2 Å². The van der Waals surface area contributed by atoms with Crippen LogP contribution in [0.1, 0.15) is 24.2 Å². The van der Waals surface area contributed by atoms with E-state index in [9.17, 15) is 22.0 Å². The van der Waals surface area contributed by atoms with Crippen molar-refractivity contribution in [2.24, 2.45) is 0 Å². The number of hydrogen-bond acceptors (Lipinski definition) is 4. The molecule has 0 spiro atoms. The summed E-state index contributed by atoms with van der Waals surface area (Å²) in [5.74, 6) is -3.21. The lowest BCUT2D eigenvalue weighted by atomic mass is 10.1. The Morgan fingerprint density at radius 1 is 1.33 bits per heavy atom. The molecule has 1 aromatic carbocycles. The molecule has 0 atom stereocenters. The summed E-state index contributed by atoms with van der Waals surface area (Å²) in [7, 11) is -3.49. The fourth-order valence-corrected chi connectivity index (χ4v) is 2.78. The van der Waals surface area contributed by atoms with Crippen LogP contribution in [0.2, 0.25) is 0 Å². The molecule has 0 unspecified atom stereocenters. The van der Waals surface area contributed by atoms with Gasteiger partial charge in [0, 0.05) is 12.1 Å². The minimum atomic E-state index is -3.49. The van der Waals surface area contributed by atoms with Gasteiger partial charge in [0.15, 0.2) is 5.82 Å². The Morgan fingerprint density at radius 2 is 1.90 bits per heavy atom. The van der Waals surface area contributed by atoms with Gasteiger partial charge in [-0.3, -0.25) is 4.79 Å². The molecule has 6 nitrogen and oxygen atoms in total. The van der Waals surface area contributed by atoms with Gasteiger partial charge < -0.3 is 11.1 Å². The lowest BCUT2D eigenvalue weighted by Crippen LogP contribution is -2.51. The fraction of sp³-hybridized carbons (Fsp3) is 0.417. The number of carbonyl (C=O) groups excluding carboxylic acids is 1. The van der Waals surface area contributed by atoms with Gasteiger partial charge in [0.05, 0.1) is 11.9 Å². The molecule has 0 aromatic heterocycles. The van der Waals surface area contributed by atoms with E-state index in [4.69, 9.17) is 5.73 Å². The first-order valence-corrected chi connectivity index (χ1v) is 7.83. The number of rotatable bonds is 5. The van der Waals surface area contributed by atoms with Gasteiger partial charge in [-0.2, -0.15) is 0 Å². The predicted molar refractivity (Wildman–Crippen MR) is 75.2 cm³/mol. The number of nitrogen functional groups attached to an aromatic ring is 1. The standard InChI is InChI=1S/C12H17F2N3O3S/c1-12(2,17-21(3,19)20)6-16-11(18)9-7(13)4-5-8(15)10(9)14/h4-5,17H,6,15H2,1-3H3,(H,16,18). The van der Waals surface area contributed by atoms with E-state index in [2.05, 4.69) is 10.0 Å². The molecule has 0 saturated heterocycles. The molecule has 0 fully saturated rings. The maximum atomic E-state index is 13.7. The average Bonchev–Trinajstić information content (AvgIpc) is 2.29. The zero-order valence-corrected chi connectivity index (χ0v) is 12.6. The number of nitrogens with two attached hydrogens (primary N) is 1. The Kier molecular flexibility index (Phi) is 4.90. The van der Waals surface area contributed by atoms with Gasteiger partial charge >= 0.3 is 0 Å². The number of benzene rings is 1. The number of carbonyl (C=O) groups is 1. The molecule has 0 aliphatic heterocycles. The number of sulfonamides is 1. The topological polar surface area (TPSA) is 101 Å². The van der Waals surface area contributed by atoms with Crippen LogP contribution in [0.25, 0.3) is 0 Å². The quantitative estimate of drug-likeness (QED) is 0.691. The minimum absolute atomic E-state index is 0.160. The Labute approximate surface area is 121 Å². The van der Waals surface area contributed by atoms with E-state index >= 15 is 0 Å². The van der Waals surface area contributed by atoms with Crippen LogP contribution >= 0.6 is 0 Å². The number of amides is 1. The highest BCUT2D eigenvalue weighted by Gasteiger charge is 2.25. The van der Waals surface area contributed by atoms with Crippen molar-refractivity contribution in [3.63, 3.8) is 0 Å². The third kappa shape index (κ3) is 4.94. The smallest absolute Gasteiger partial charge is 0.257 e. The molecule has 4 N–H and O–H groups in total. The van der Waals surface area contributed by atoms with E-state index in [1.165, 1.54) is 13.8 Å². The Balaban J connectivity index is 2.86. The van der Waals surface area contributed by atoms with Crippen molar-refractivity contribution in [2.75, 3.05) is 18.5 Å². The highest BCUT2D eigenvalue weighted by atomic mass is 32.2. The van der Waals surface area contributed by atoms with Crippen LogP contribution in [-0.2, 0) is 10.0 Å². The van der Waals surface area contributed by atoms with Crippen LogP contribution in [0.4, 0.5) is 14.5 Å². The summed E-state index contributed by atoms with van der Waals surface area (Å²) in [6, 6.07) is 1.89. The molecule has 0 bridgehead atoms. The molecule has 0 aliphatic carbocycles. The second-order valence-corrected chi connectivity index (χ2v) is 7.01. The van der Waals surface area contributed by atoms with Crippen molar-refractivity contribution in [3.05, 3.63) is 29.3 Å². The summed E-state index contributed by atoms with van der Waals surface area (Å²) in [6.45, 7) is 2.87. The lowest BCUT2D eigenvalue weighted by Gasteiger charge is -2.25. The van der Waals surface area contributed by atoms with E-state index in [0.29, 0.717) is 0 Å². The number of hydrogen-bond donors (Lipinski definition) is 3. The molecule has 0 radical (unpaired) electrons. The molecule has 21 heavy (non-hydrogen) atoms. The second kappa shape index (κ2) is 5.94. The van der Waals surface area contributed by atoms with E-state index in [0.717, 1.165) is 18.4 Å². The van der Waals surface area contributed by atoms with Gasteiger partial charge in [-0.05, 0) is 26.0 Å². The fourth-order valence-electron chi connectivity index (χ4n) is 1.70. The minimum Gasteiger partial charge on any atom is -0.396 e. The number of anilines is 1. The monoisotopic (exact) mass is 321 g/mol. The lowest BCUT2D eigenvalue weighted by molar-refractivity contribution is 0.0936. The van der Waals surface area contributed by atoms with Gasteiger partial charge in [-0.1, -0.05) is 0 Å². The van der Waals surface area contributed by atoms with Crippen LogP contribution < -0.4 is 15.8 Å². The van der Waals surface area contributed by atoms with Crippen LogP contribution in [0.15, 0.2) is 12.1 Å². The van der Waals surface area contributed by atoms with Gasteiger partial charge in [0.25, 0.3) is 5.91 Å². The molecule has 1 rings (SSSR count). The van der Waals surface area contributed by atoms with Crippen molar-refractivity contribution in [1.82, 2.24) is 10.0 Å². The SMILES string of the molecule is CC(C)(CNC(=O)c1c(F)ccc(N)c1F)NS(C)(=O)=O. The van der Waals surface area contributed by atoms with Gasteiger partial charge in [-0.15, -0.1) is 0 Å². The molecular formula is C12H17F2N3O3S. The van der Waals surface area contributed by atoms with Crippen molar-refractivity contribution >= 4 is 21.6 Å². The molecule has 0 saturated carbocycles. The molecule has 118 valence electrons. The third-order valence-electron chi connectivity index (χ3n) is 2.50. The number of nitrogens with one attached hydrogen (secondary N) is 2. The zero-order chi connectivity index (χ0) is 16.4. The Morgan fingerprint density at radius 3 is 2.43 bits per heavy atom. The first-order valence-electron chi connectivity index (χ1n) is 5.93. The molecule has 1 amide bonds. The van der Waals surface area contributed by atoms with Crippen molar-refractivity contribution < 1.29 is 22.0 Å². The van der Waals surface area contributed by atoms with E-state index in [1.54, 1.807) is 0 Å². The third-order valence-corrected chi connectivity index (χ3v) is 3.42. The summed E-state index contributed by atoms with van der Waals surface area (Å²) in [5, 5.41) is 2.27. The Hall–Kier alpha value is -1.74. The van der Waals surface area contributed by atoms with Crippen LogP contribution in [0.5, 0.6) is 0 Å². The molecule has 9 heteroatoms. The maximum absolute atomic E-state index is 13.7. The summed E-state index contributed by atoms with van der Waals surface area (Å²) < 4.78 is 51.8. The van der Waals surface area contributed by atoms with E-state index < -0.39 is 38.7 Å². The molecule has 0 aliphatic rings. The van der Waals surface area contributed by atoms with Gasteiger partial charge in [-0.25, -0.2) is 21.9 Å². The van der Waals surface area contributed by atoms with Crippen molar-refractivity contribution in [3.8, 4) is 0 Å². The highest BCUT2D eigenvalue weighted by molar-refractivity contribution is 7.88. The first kappa shape index (κ1) is 17.3. The predicted octanol–water partition coefficient (Wildman–Crippen LogP) is 0.605.